The van der Waals surface area contributed by atoms with Gasteiger partial charge in [0, 0.05) is 6.04 Å². The smallest absolute Gasteiger partial charge is 0.292 e. The number of hydrogen-bond acceptors (Lipinski definition) is 4. The monoisotopic (exact) mass is 155 g/mol. The van der Waals surface area contributed by atoms with Crippen LogP contribution < -0.4 is 5.32 Å². The predicted molar refractivity (Wildman–Crippen MR) is 36.9 cm³/mol. The van der Waals surface area contributed by atoms with Crippen molar-refractivity contribution < 1.29 is 9.32 Å². The van der Waals surface area contributed by atoms with Gasteiger partial charge in [0.2, 0.25) is 6.39 Å². The first-order valence-electron chi connectivity index (χ1n) is 3.27. The summed E-state index contributed by atoms with van der Waals surface area (Å²) in [7, 11) is 0. The lowest BCUT2D eigenvalue weighted by Gasteiger charge is -2.03. The minimum Gasteiger partial charge on any atom is -0.347 e. The SMILES string of the molecule is CC(C)NC(=O)c1ncon1. The lowest BCUT2D eigenvalue weighted by Crippen LogP contribution is -2.30. The van der Waals surface area contributed by atoms with Crippen molar-refractivity contribution in [3.05, 3.63) is 12.2 Å². The lowest BCUT2D eigenvalue weighted by atomic mass is 10.4. The number of carbonyl (C=O) groups excluding carboxylic acids is 1. The van der Waals surface area contributed by atoms with E-state index in [-0.39, 0.29) is 17.8 Å². The Morgan fingerprint density at radius 3 is 2.91 bits per heavy atom. The van der Waals surface area contributed by atoms with Crippen molar-refractivity contribution in [1.82, 2.24) is 15.5 Å². The van der Waals surface area contributed by atoms with Crippen LogP contribution in [-0.4, -0.2) is 22.1 Å². The summed E-state index contributed by atoms with van der Waals surface area (Å²) >= 11 is 0. The van der Waals surface area contributed by atoms with E-state index in [1.807, 2.05) is 13.8 Å². The second-order valence-corrected chi connectivity index (χ2v) is 2.38. The van der Waals surface area contributed by atoms with Crippen LogP contribution in [0.1, 0.15) is 24.5 Å². The summed E-state index contributed by atoms with van der Waals surface area (Å²) in [4.78, 5) is 14.6. The molecule has 0 atom stereocenters. The standard InChI is InChI=1S/C6H9N3O2/c1-4(2)8-6(10)5-7-3-11-9-5/h3-4H,1-2H3,(H,8,10). The van der Waals surface area contributed by atoms with Gasteiger partial charge in [-0.1, -0.05) is 5.16 Å². The van der Waals surface area contributed by atoms with Crippen molar-refractivity contribution in [2.45, 2.75) is 19.9 Å². The molecular formula is C6H9N3O2. The number of rotatable bonds is 2. The van der Waals surface area contributed by atoms with Gasteiger partial charge in [-0.2, -0.15) is 4.98 Å². The Hall–Kier alpha value is -1.39. The molecule has 60 valence electrons. The number of nitrogens with one attached hydrogen (secondary N) is 1. The molecular weight excluding hydrogens is 146 g/mol. The molecule has 0 fully saturated rings. The number of carbonyl (C=O) groups is 1. The van der Waals surface area contributed by atoms with Gasteiger partial charge in [0.25, 0.3) is 11.7 Å². The number of amides is 1. The molecule has 0 aliphatic heterocycles. The highest BCUT2D eigenvalue weighted by molar-refractivity contribution is 5.90. The third-order valence-electron chi connectivity index (χ3n) is 0.984. The normalized spacial score (nSPS) is 10.1. The third kappa shape index (κ3) is 2.03. The second-order valence-electron chi connectivity index (χ2n) is 2.38. The van der Waals surface area contributed by atoms with Gasteiger partial charge in [-0.15, -0.1) is 0 Å². The van der Waals surface area contributed by atoms with Crippen LogP contribution in [0.15, 0.2) is 10.9 Å². The van der Waals surface area contributed by atoms with Crippen molar-refractivity contribution in [2.75, 3.05) is 0 Å². The van der Waals surface area contributed by atoms with E-state index in [1.165, 1.54) is 0 Å². The first-order chi connectivity index (χ1) is 5.20. The van der Waals surface area contributed by atoms with E-state index in [0.717, 1.165) is 6.39 Å². The van der Waals surface area contributed by atoms with Crippen LogP contribution in [0.25, 0.3) is 0 Å². The predicted octanol–water partition coefficient (Wildman–Crippen LogP) is 0.208. The zero-order valence-corrected chi connectivity index (χ0v) is 6.37. The minimum absolute atomic E-state index is 0.0682. The van der Waals surface area contributed by atoms with E-state index in [4.69, 9.17) is 0 Å². The molecule has 0 saturated heterocycles. The van der Waals surface area contributed by atoms with Crippen LogP contribution in [0.2, 0.25) is 0 Å². The average molecular weight is 155 g/mol. The van der Waals surface area contributed by atoms with Crippen molar-refractivity contribution >= 4 is 5.91 Å². The van der Waals surface area contributed by atoms with Crippen LogP contribution in [-0.2, 0) is 0 Å². The van der Waals surface area contributed by atoms with Gasteiger partial charge in [-0.25, -0.2) is 0 Å². The van der Waals surface area contributed by atoms with Gasteiger partial charge in [-0.3, -0.25) is 4.79 Å². The average Bonchev–Trinajstić information content (AvgIpc) is 2.35. The first-order valence-corrected chi connectivity index (χ1v) is 3.27. The zero-order chi connectivity index (χ0) is 8.27. The number of aromatic nitrogens is 2. The van der Waals surface area contributed by atoms with Gasteiger partial charge in [0.15, 0.2) is 0 Å². The molecule has 0 unspecified atom stereocenters. The van der Waals surface area contributed by atoms with E-state index in [0.29, 0.717) is 0 Å². The molecule has 5 nitrogen and oxygen atoms in total. The maximum absolute atomic E-state index is 11.0. The van der Waals surface area contributed by atoms with Gasteiger partial charge < -0.3 is 9.84 Å². The second kappa shape index (κ2) is 3.14. The van der Waals surface area contributed by atoms with Crippen molar-refractivity contribution in [3.8, 4) is 0 Å². The van der Waals surface area contributed by atoms with Crippen LogP contribution in [0, 0.1) is 0 Å². The minimum atomic E-state index is -0.311. The Kier molecular flexibility index (Phi) is 2.20. The molecule has 0 aliphatic carbocycles. The van der Waals surface area contributed by atoms with E-state index in [1.54, 1.807) is 0 Å². The van der Waals surface area contributed by atoms with Crippen LogP contribution >= 0.6 is 0 Å². The van der Waals surface area contributed by atoms with E-state index >= 15 is 0 Å². The highest BCUT2D eigenvalue weighted by Gasteiger charge is 2.10. The molecule has 0 saturated carbocycles. The summed E-state index contributed by atoms with van der Waals surface area (Å²) in [6.45, 7) is 3.72. The summed E-state index contributed by atoms with van der Waals surface area (Å²) in [5.41, 5.74) is 0. The van der Waals surface area contributed by atoms with Gasteiger partial charge in [0.05, 0.1) is 0 Å². The van der Waals surface area contributed by atoms with Gasteiger partial charge >= 0.3 is 0 Å². The molecule has 1 aromatic rings. The maximum atomic E-state index is 11.0. The van der Waals surface area contributed by atoms with Crippen LogP contribution in [0.4, 0.5) is 0 Å². The molecule has 1 amide bonds. The van der Waals surface area contributed by atoms with Crippen molar-refractivity contribution in [1.29, 1.82) is 0 Å². The summed E-state index contributed by atoms with van der Waals surface area (Å²) in [5.74, 6) is -0.243. The van der Waals surface area contributed by atoms with Gasteiger partial charge in [0.1, 0.15) is 0 Å². The highest BCUT2D eigenvalue weighted by atomic mass is 16.5. The van der Waals surface area contributed by atoms with Gasteiger partial charge in [-0.05, 0) is 13.8 Å². The number of nitrogens with zero attached hydrogens (tertiary/aromatic N) is 2. The highest BCUT2D eigenvalue weighted by Crippen LogP contribution is 1.88. The summed E-state index contributed by atoms with van der Waals surface area (Å²) < 4.78 is 4.40. The van der Waals surface area contributed by atoms with Crippen molar-refractivity contribution in [3.63, 3.8) is 0 Å². The first kappa shape index (κ1) is 7.71. The number of hydrogen-bond donors (Lipinski definition) is 1. The Balaban J connectivity index is 2.57. The molecule has 5 heteroatoms. The molecule has 0 radical (unpaired) electrons. The topological polar surface area (TPSA) is 68.0 Å². The fourth-order valence-electron chi connectivity index (χ4n) is 0.597. The van der Waals surface area contributed by atoms with Crippen LogP contribution in [0.5, 0.6) is 0 Å². The van der Waals surface area contributed by atoms with E-state index in [9.17, 15) is 4.79 Å². The molecule has 0 aromatic carbocycles. The van der Waals surface area contributed by atoms with Crippen molar-refractivity contribution in [2.24, 2.45) is 0 Å². The Bertz CT molecular complexity index is 230. The third-order valence-corrected chi connectivity index (χ3v) is 0.984. The molecule has 1 N–H and O–H groups in total. The molecule has 0 spiro atoms. The molecule has 1 heterocycles. The van der Waals surface area contributed by atoms with E-state index < -0.39 is 0 Å². The molecule has 0 bridgehead atoms. The van der Waals surface area contributed by atoms with Crippen LogP contribution in [0.3, 0.4) is 0 Å². The summed E-state index contributed by atoms with van der Waals surface area (Å²) in [6.07, 6.45) is 1.12. The van der Waals surface area contributed by atoms with E-state index in [2.05, 4.69) is 20.0 Å². The largest absolute Gasteiger partial charge is 0.347 e. The Labute approximate surface area is 63.8 Å². The lowest BCUT2D eigenvalue weighted by molar-refractivity contribution is 0.0929. The Morgan fingerprint density at radius 2 is 2.45 bits per heavy atom. The summed E-state index contributed by atoms with van der Waals surface area (Å²) in [5, 5.41) is 5.99. The maximum Gasteiger partial charge on any atom is 0.292 e. The molecule has 0 aliphatic rings. The quantitative estimate of drug-likeness (QED) is 0.662. The Morgan fingerprint density at radius 1 is 1.73 bits per heavy atom. The molecule has 11 heavy (non-hydrogen) atoms. The fourth-order valence-corrected chi connectivity index (χ4v) is 0.597. The molecule has 1 aromatic heterocycles. The summed E-state index contributed by atoms with van der Waals surface area (Å²) in [6, 6.07) is 0.0843. The fraction of sp³-hybridized carbons (Fsp3) is 0.500. The molecule has 1 rings (SSSR count). The zero-order valence-electron chi connectivity index (χ0n) is 6.37.